The molecule has 3 rings (SSSR count). The molecule has 0 saturated heterocycles. The molecule has 0 fully saturated rings. The van der Waals surface area contributed by atoms with Gasteiger partial charge in [0.25, 0.3) is 0 Å². The quantitative estimate of drug-likeness (QED) is 0.530. The largest absolute Gasteiger partial charge is 0.423 e. The van der Waals surface area contributed by atoms with Gasteiger partial charge >= 0.3 is 5.63 Å². The number of rotatable bonds is 7. The van der Waals surface area contributed by atoms with E-state index < -0.39 is 0 Å². The van der Waals surface area contributed by atoms with E-state index >= 15 is 0 Å². The van der Waals surface area contributed by atoms with Crippen molar-refractivity contribution >= 4 is 34.3 Å². The van der Waals surface area contributed by atoms with Crippen LogP contribution in [0.2, 0.25) is 0 Å². The van der Waals surface area contributed by atoms with Gasteiger partial charge in [0.15, 0.2) is 0 Å². The summed E-state index contributed by atoms with van der Waals surface area (Å²) in [5.74, 6) is 0.881. The Morgan fingerprint density at radius 2 is 1.66 bits per heavy atom. The van der Waals surface area contributed by atoms with Crippen LogP contribution in [-0.4, -0.2) is 11.7 Å². The van der Waals surface area contributed by atoms with Crippen LogP contribution in [0.1, 0.15) is 41.7 Å². The minimum atomic E-state index is -0.356. The molecule has 0 atom stereocenters. The van der Waals surface area contributed by atoms with Crippen LogP contribution in [0.15, 0.2) is 45.6 Å². The number of hydrogen-bond acceptors (Lipinski definition) is 4. The fraction of sp³-hybridized carbons (Fsp3) is 0.333. The van der Waals surface area contributed by atoms with Gasteiger partial charge in [-0.25, -0.2) is 4.79 Å². The summed E-state index contributed by atoms with van der Waals surface area (Å²) in [5, 5.41) is 4.03. The first kappa shape index (κ1) is 21.2. The van der Waals surface area contributed by atoms with Crippen molar-refractivity contribution in [1.82, 2.24) is 0 Å². The van der Waals surface area contributed by atoms with E-state index in [0.29, 0.717) is 17.1 Å². The first-order chi connectivity index (χ1) is 13.9. The van der Waals surface area contributed by atoms with Crippen LogP contribution in [0, 0.1) is 13.8 Å². The SMILES string of the molecule is CCc1cccc(CC)c1NC(=O)CSCc1cc(=O)oc2cc(C)c(C)cc12. The Morgan fingerprint density at radius 1 is 1.00 bits per heavy atom. The number of anilines is 1. The van der Waals surface area contributed by atoms with Gasteiger partial charge in [0.2, 0.25) is 5.91 Å². The fourth-order valence-corrected chi connectivity index (χ4v) is 4.25. The second-order valence-corrected chi connectivity index (χ2v) is 8.21. The number of benzene rings is 2. The van der Waals surface area contributed by atoms with Gasteiger partial charge < -0.3 is 9.73 Å². The molecule has 5 heteroatoms. The van der Waals surface area contributed by atoms with Crippen LogP contribution in [0.3, 0.4) is 0 Å². The summed E-state index contributed by atoms with van der Waals surface area (Å²) in [4.78, 5) is 24.5. The van der Waals surface area contributed by atoms with Crippen LogP contribution in [-0.2, 0) is 23.4 Å². The highest BCUT2D eigenvalue weighted by Gasteiger charge is 2.12. The number of hydrogen-bond donors (Lipinski definition) is 1. The number of nitrogens with one attached hydrogen (secondary N) is 1. The van der Waals surface area contributed by atoms with Crippen molar-refractivity contribution < 1.29 is 9.21 Å². The summed E-state index contributed by atoms with van der Waals surface area (Å²) in [6.07, 6.45) is 1.75. The summed E-state index contributed by atoms with van der Waals surface area (Å²) in [7, 11) is 0. The van der Waals surface area contributed by atoms with Gasteiger partial charge in [-0.15, -0.1) is 11.8 Å². The van der Waals surface area contributed by atoms with Crippen LogP contribution in [0.4, 0.5) is 5.69 Å². The highest BCUT2D eigenvalue weighted by molar-refractivity contribution is 7.99. The molecule has 1 heterocycles. The average Bonchev–Trinajstić information content (AvgIpc) is 2.69. The third-order valence-electron chi connectivity index (χ3n) is 5.20. The third kappa shape index (κ3) is 4.91. The number of thioether (sulfide) groups is 1. The molecule has 152 valence electrons. The lowest BCUT2D eigenvalue weighted by molar-refractivity contribution is -0.113. The summed E-state index contributed by atoms with van der Waals surface area (Å²) >= 11 is 1.50. The molecule has 0 unspecified atom stereocenters. The Bertz CT molecular complexity index is 1080. The molecule has 1 amide bonds. The molecule has 0 aliphatic rings. The second kappa shape index (κ2) is 9.31. The lowest BCUT2D eigenvalue weighted by Crippen LogP contribution is -2.17. The van der Waals surface area contributed by atoms with Crippen LogP contribution >= 0.6 is 11.8 Å². The van der Waals surface area contributed by atoms with Gasteiger partial charge in [0.05, 0.1) is 5.75 Å². The van der Waals surface area contributed by atoms with E-state index in [4.69, 9.17) is 4.42 Å². The molecular weight excluding hydrogens is 382 g/mol. The zero-order chi connectivity index (χ0) is 21.0. The third-order valence-corrected chi connectivity index (χ3v) is 6.18. The number of carbonyl (C=O) groups excluding carboxylic acids is 1. The molecular formula is C24H27NO3S. The van der Waals surface area contributed by atoms with Crippen molar-refractivity contribution in [3.05, 3.63) is 74.6 Å². The van der Waals surface area contributed by atoms with Crippen molar-refractivity contribution in [3.8, 4) is 0 Å². The normalized spacial score (nSPS) is 11.0. The van der Waals surface area contributed by atoms with E-state index in [1.54, 1.807) is 0 Å². The molecule has 1 aromatic heterocycles. The van der Waals surface area contributed by atoms with Crippen molar-refractivity contribution in [1.29, 1.82) is 0 Å². The maximum atomic E-state index is 12.6. The monoisotopic (exact) mass is 409 g/mol. The molecule has 0 bridgehead atoms. The predicted octanol–water partition coefficient (Wildman–Crippen LogP) is 5.41. The molecule has 1 N–H and O–H groups in total. The van der Waals surface area contributed by atoms with Gasteiger partial charge in [-0.1, -0.05) is 32.0 Å². The smallest absolute Gasteiger partial charge is 0.336 e. The second-order valence-electron chi connectivity index (χ2n) is 7.22. The Kier molecular flexibility index (Phi) is 6.80. The van der Waals surface area contributed by atoms with E-state index in [1.165, 1.54) is 17.8 Å². The maximum Gasteiger partial charge on any atom is 0.336 e. The summed E-state index contributed by atoms with van der Waals surface area (Å²) in [6.45, 7) is 8.23. The standard InChI is InChI=1S/C24H27NO3S/c1-5-17-8-7-9-18(6-2)24(17)25-22(26)14-29-13-19-12-23(27)28-21-11-16(4)15(3)10-20(19)21/h7-12H,5-6,13-14H2,1-4H3,(H,25,26). The van der Waals surface area contributed by atoms with Crippen molar-refractivity contribution in [2.45, 2.75) is 46.3 Å². The zero-order valence-electron chi connectivity index (χ0n) is 17.4. The first-order valence-electron chi connectivity index (χ1n) is 9.95. The summed E-state index contributed by atoms with van der Waals surface area (Å²) in [5.41, 5.74) is 6.64. The highest BCUT2D eigenvalue weighted by Crippen LogP contribution is 2.26. The Balaban J connectivity index is 1.72. The minimum absolute atomic E-state index is 0.0232. The van der Waals surface area contributed by atoms with Crippen molar-refractivity contribution in [2.24, 2.45) is 0 Å². The minimum Gasteiger partial charge on any atom is -0.423 e. The zero-order valence-corrected chi connectivity index (χ0v) is 18.2. The number of carbonyl (C=O) groups is 1. The lowest BCUT2D eigenvalue weighted by atomic mass is 10.0. The van der Waals surface area contributed by atoms with E-state index in [-0.39, 0.29) is 11.5 Å². The van der Waals surface area contributed by atoms with Crippen molar-refractivity contribution in [3.63, 3.8) is 0 Å². The van der Waals surface area contributed by atoms with Crippen LogP contribution in [0.5, 0.6) is 0 Å². The van der Waals surface area contributed by atoms with Gasteiger partial charge in [-0.2, -0.15) is 0 Å². The van der Waals surface area contributed by atoms with Gasteiger partial charge in [-0.3, -0.25) is 4.79 Å². The fourth-order valence-electron chi connectivity index (χ4n) is 3.43. The molecule has 0 aliphatic carbocycles. The molecule has 0 aliphatic heterocycles. The number of amides is 1. The summed E-state index contributed by atoms with van der Waals surface area (Å²) < 4.78 is 5.35. The Morgan fingerprint density at radius 3 is 2.31 bits per heavy atom. The molecule has 0 spiro atoms. The van der Waals surface area contributed by atoms with E-state index in [2.05, 4.69) is 37.4 Å². The summed E-state index contributed by atoms with van der Waals surface area (Å²) in [6, 6.07) is 11.6. The van der Waals surface area contributed by atoms with Gasteiger partial charge in [-0.05, 0) is 66.6 Å². The molecule has 0 saturated carbocycles. The van der Waals surface area contributed by atoms with E-state index in [9.17, 15) is 9.59 Å². The van der Waals surface area contributed by atoms with E-state index in [1.807, 2.05) is 26.0 Å². The molecule has 4 nitrogen and oxygen atoms in total. The number of aryl methyl sites for hydroxylation is 4. The first-order valence-corrected chi connectivity index (χ1v) is 11.1. The Hall–Kier alpha value is -2.53. The van der Waals surface area contributed by atoms with E-state index in [0.717, 1.165) is 51.7 Å². The lowest BCUT2D eigenvalue weighted by Gasteiger charge is -2.14. The topological polar surface area (TPSA) is 59.3 Å². The highest BCUT2D eigenvalue weighted by atomic mass is 32.2. The molecule has 2 aromatic carbocycles. The van der Waals surface area contributed by atoms with Gasteiger partial charge in [0, 0.05) is 22.9 Å². The van der Waals surface area contributed by atoms with Crippen LogP contribution in [0.25, 0.3) is 11.0 Å². The molecule has 3 aromatic rings. The number of fused-ring (bicyclic) bond motifs is 1. The molecule has 0 radical (unpaired) electrons. The molecule has 29 heavy (non-hydrogen) atoms. The maximum absolute atomic E-state index is 12.6. The number of para-hydroxylation sites is 1. The average molecular weight is 410 g/mol. The van der Waals surface area contributed by atoms with Crippen molar-refractivity contribution in [2.75, 3.05) is 11.1 Å². The Labute approximate surface area is 175 Å². The van der Waals surface area contributed by atoms with Gasteiger partial charge in [0.1, 0.15) is 5.58 Å². The van der Waals surface area contributed by atoms with Crippen LogP contribution < -0.4 is 10.9 Å². The predicted molar refractivity (Wildman–Crippen MR) is 122 cm³/mol.